The fourth-order valence-electron chi connectivity index (χ4n) is 4.34. The van der Waals surface area contributed by atoms with Crippen molar-refractivity contribution in [2.24, 2.45) is 5.41 Å². The van der Waals surface area contributed by atoms with Crippen molar-refractivity contribution in [1.82, 2.24) is 5.32 Å². The molecular formula is C20H33BFNO4. The first-order valence-electron chi connectivity index (χ1n) is 9.92. The van der Waals surface area contributed by atoms with Crippen LogP contribution >= 0.6 is 0 Å². The molecule has 0 aromatic rings. The van der Waals surface area contributed by atoms with E-state index in [1.807, 2.05) is 48.5 Å². The average Bonchev–Trinajstić information content (AvgIpc) is 2.59. The second-order valence-corrected chi connectivity index (χ2v) is 10.6. The van der Waals surface area contributed by atoms with Crippen LogP contribution in [-0.4, -0.2) is 35.6 Å². The Morgan fingerprint density at radius 3 is 2.04 bits per heavy atom. The maximum absolute atomic E-state index is 15.1. The third-order valence-electron chi connectivity index (χ3n) is 6.44. The van der Waals surface area contributed by atoms with Crippen molar-refractivity contribution < 1.29 is 23.2 Å². The molecule has 3 aliphatic rings. The van der Waals surface area contributed by atoms with Gasteiger partial charge in [-0.2, -0.15) is 0 Å². The van der Waals surface area contributed by atoms with E-state index in [1.165, 1.54) is 12.5 Å². The molecule has 2 aliphatic carbocycles. The maximum atomic E-state index is 15.1. The van der Waals surface area contributed by atoms with Gasteiger partial charge >= 0.3 is 13.2 Å². The third-order valence-corrected chi connectivity index (χ3v) is 6.44. The summed E-state index contributed by atoms with van der Waals surface area (Å²) in [5, 5.41) is 2.92. The van der Waals surface area contributed by atoms with E-state index in [0.717, 1.165) is 25.7 Å². The summed E-state index contributed by atoms with van der Waals surface area (Å²) in [4.78, 5) is 12.3. The Morgan fingerprint density at radius 2 is 1.63 bits per heavy atom. The zero-order chi connectivity index (χ0) is 20.3. The molecule has 3 rings (SSSR count). The zero-order valence-electron chi connectivity index (χ0n) is 17.7. The van der Waals surface area contributed by atoms with Crippen molar-refractivity contribution in [3.63, 3.8) is 0 Å². The van der Waals surface area contributed by atoms with E-state index in [2.05, 4.69) is 5.32 Å². The van der Waals surface area contributed by atoms with Crippen molar-refractivity contribution in [3.8, 4) is 0 Å². The number of carbonyl (C=O) groups is 1. The van der Waals surface area contributed by atoms with Gasteiger partial charge in [0.25, 0.3) is 0 Å². The Kier molecular flexibility index (Phi) is 4.75. The van der Waals surface area contributed by atoms with Crippen molar-refractivity contribution in [2.75, 3.05) is 0 Å². The van der Waals surface area contributed by atoms with Gasteiger partial charge in [0.2, 0.25) is 0 Å². The Bertz CT molecular complexity index is 625. The van der Waals surface area contributed by atoms with Gasteiger partial charge in [-0.25, -0.2) is 9.18 Å². The Balaban J connectivity index is 1.76. The second kappa shape index (κ2) is 6.21. The number of amides is 1. The van der Waals surface area contributed by atoms with Crippen LogP contribution < -0.4 is 5.32 Å². The van der Waals surface area contributed by atoms with Crippen LogP contribution in [0.3, 0.4) is 0 Å². The number of hydrogen-bond acceptors (Lipinski definition) is 4. The van der Waals surface area contributed by atoms with Gasteiger partial charge < -0.3 is 19.4 Å². The van der Waals surface area contributed by atoms with Crippen LogP contribution in [0.1, 0.15) is 80.6 Å². The highest BCUT2D eigenvalue weighted by Crippen LogP contribution is 2.61. The first-order valence-corrected chi connectivity index (χ1v) is 9.92. The fraction of sp³-hybridized carbons (Fsp3) is 0.850. The topological polar surface area (TPSA) is 56.8 Å². The molecule has 2 saturated carbocycles. The average molecular weight is 381 g/mol. The van der Waals surface area contributed by atoms with E-state index >= 15 is 4.39 Å². The minimum Gasteiger partial charge on any atom is -0.444 e. The maximum Gasteiger partial charge on any atom is 0.524 e. The Hall–Kier alpha value is -1.08. The molecule has 0 aromatic carbocycles. The minimum atomic E-state index is -1.05. The number of nitrogens with one attached hydrogen (secondary N) is 1. The molecule has 0 radical (unpaired) electrons. The quantitative estimate of drug-likeness (QED) is 0.720. The highest BCUT2D eigenvalue weighted by Gasteiger charge is 2.59. The lowest BCUT2D eigenvalue weighted by Crippen LogP contribution is -2.63. The van der Waals surface area contributed by atoms with Crippen molar-refractivity contribution in [3.05, 3.63) is 11.8 Å². The molecule has 1 spiro atoms. The summed E-state index contributed by atoms with van der Waals surface area (Å²) in [7, 11) is -1.05. The zero-order valence-corrected chi connectivity index (χ0v) is 17.7. The van der Waals surface area contributed by atoms with E-state index < -0.39 is 41.3 Å². The van der Waals surface area contributed by atoms with Gasteiger partial charge in [0, 0.05) is 0 Å². The van der Waals surface area contributed by atoms with Gasteiger partial charge in [-0.15, -0.1) is 0 Å². The lowest BCUT2D eigenvalue weighted by Gasteiger charge is -2.60. The molecule has 7 heteroatoms. The summed E-state index contributed by atoms with van der Waals surface area (Å²) in [6.07, 6.45) is 5.90. The first-order chi connectivity index (χ1) is 12.2. The highest BCUT2D eigenvalue weighted by molar-refractivity contribution is 6.53. The van der Waals surface area contributed by atoms with Gasteiger partial charge in [-0.1, -0.05) is 6.42 Å². The molecule has 1 amide bonds. The normalized spacial score (nSPS) is 27.7. The molecular weight excluding hydrogens is 348 g/mol. The summed E-state index contributed by atoms with van der Waals surface area (Å²) < 4.78 is 32.1. The molecule has 1 heterocycles. The van der Waals surface area contributed by atoms with E-state index in [-0.39, 0.29) is 5.41 Å². The molecule has 1 aliphatic heterocycles. The highest BCUT2D eigenvalue weighted by atomic mass is 19.1. The van der Waals surface area contributed by atoms with Gasteiger partial charge in [-0.05, 0) is 85.6 Å². The standard InChI is InChI=1S/C20H33BFNO4/c1-16(2,3)25-15(24)23-20(12-19(13-20)9-8-10-19)11-14(22)21-26-17(4,5)18(6,7)27-21/h11H,8-10,12-13H2,1-7H3,(H,23,24). The predicted octanol–water partition coefficient (Wildman–Crippen LogP) is 4.70. The number of hydrogen-bond donors (Lipinski definition) is 1. The number of alkyl carbamates (subject to hydrolysis) is 1. The molecule has 0 aromatic heterocycles. The monoisotopic (exact) mass is 381 g/mol. The summed E-state index contributed by atoms with van der Waals surface area (Å²) in [5.74, 6) is 0. The smallest absolute Gasteiger partial charge is 0.444 e. The largest absolute Gasteiger partial charge is 0.524 e. The van der Waals surface area contributed by atoms with Crippen molar-refractivity contribution in [1.29, 1.82) is 0 Å². The number of rotatable bonds is 3. The first kappa shape index (κ1) is 20.7. The minimum absolute atomic E-state index is 0.238. The summed E-state index contributed by atoms with van der Waals surface area (Å²) in [6.45, 7) is 13.0. The van der Waals surface area contributed by atoms with Gasteiger partial charge in [-0.3, -0.25) is 0 Å². The van der Waals surface area contributed by atoms with Gasteiger partial charge in [0.15, 0.2) is 0 Å². The van der Waals surface area contributed by atoms with E-state index in [4.69, 9.17) is 14.0 Å². The van der Waals surface area contributed by atoms with Crippen molar-refractivity contribution >= 4 is 13.2 Å². The molecule has 1 saturated heterocycles. The van der Waals surface area contributed by atoms with Crippen LogP contribution in [0.5, 0.6) is 0 Å². The molecule has 5 nitrogen and oxygen atoms in total. The van der Waals surface area contributed by atoms with Crippen LogP contribution in [0.2, 0.25) is 0 Å². The molecule has 0 atom stereocenters. The molecule has 1 N–H and O–H groups in total. The molecule has 152 valence electrons. The predicted molar refractivity (Wildman–Crippen MR) is 103 cm³/mol. The van der Waals surface area contributed by atoms with Crippen LogP contribution in [0.4, 0.5) is 9.18 Å². The molecule has 0 unspecified atom stereocenters. The third kappa shape index (κ3) is 4.04. The Morgan fingerprint density at radius 1 is 1.11 bits per heavy atom. The SMILES string of the molecule is CC(C)(C)OC(=O)NC1(C=C(F)B2OC(C)(C)C(C)(C)O2)CC2(CCC2)C1. The second-order valence-electron chi connectivity index (χ2n) is 10.6. The molecule has 3 fully saturated rings. The van der Waals surface area contributed by atoms with Crippen LogP contribution in [0.15, 0.2) is 11.8 Å². The number of carbonyl (C=O) groups excluding carboxylic acids is 1. The van der Waals surface area contributed by atoms with E-state index in [1.54, 1.807) is 0 Å². The van der Waals surface area contributed by atoms with Crippen LogP contribution in [-0.2, 0) is 14.0 Å². The molecule has 27 heavy (non-hydrogen) atoms. The summed E-state index contributed by atoms with van der Waals surface area (Å²) >= 11 is 0. The number of halogens is 1. The van der Waals surface area contributed by atoms with E-state index in [0.29, 0.717) is 0 Å². The van der Waals surface area contributed by atoms with Gasteiger partial charge in [0.05, 0.1) is 16.7 Å². The molecule has 0 bridgehead atoms. The fourth-order valence-corrected chi connectivity index (χ4v) is 4.34. The lowest BCUT2D eigenvalue weighted by atomic mass is 9.48. The van der Waals surface area contributed by atoms with Gasteiger partial charge in [0.1, 0.15) is 11.3 Å². The van der Waals surface area contributed by atoms with Crippen LogP contribution in [0, 0.1) is 5.41 Å². The van der Waals surface area contributed by atoms with Crippen LogP contribution in [0.25, 0.3) is 0 Å². The summed E-state index contributed by atoms with van der Waals surface area (Å²) in [6, 6.07) is 0. The summed E-state index contributed by atoms with van der Waals surface area (Å²) in [5.41, 5.74) is -2.80. The number of ether oxygens (including phenoxy) is 1. The Labute approximate surface area is 162 Å². The van der Waals surface area contributed by atoms with E-state index in [9.17, 15) is 4.79 Å². The van der Waals surface area contributed by atoms with Crippen molar-refractivity contribution in [2.45, 2.75) is 103 Å². The lowest BCUT2D eigenvalue weighted by molar-refractivity contribution is -0.0429.